The predicted molar refractivity (Wildman–Crippen MR) is 64.7 cm³/mol. The van der Waals surface area contributed by atoms with Crippen LogP contribution in [0.15, 0.2) is 0 Å². The number of alkyl halides is 1. The maximum Gasteiger partial charge on any atom is 0.0693 e. The molecule has 0 aliphatic carbocycles. The normalized spacial score (nSPS) is 13.4. The van der Waals surface area contributed by atoms with E-state index in [1.165, 1.54) is 0 Å². The van der Waals surface area contributed by atoms with Gasteiger partial charge in [0.05, 0.1) is 18.6 Å². The number of hydrogen-bond donors (Lipinski definition) is 1. The Morgan fingerprint density at radius 1 is 1.27 bits per heavy atom. The lowest BCUT2D eigenvalue weighted by atomic mass is 10.1. The minimum absolute atomic E-state index is 0.0469. The molecule has 0 bridgehead atoms. The minimum atomic E-state index is 0.0469. The van der Waals surface area contributed by atoms with Crippen LogP contribution in [0.2, 0.25) is 0 Å². The highest BCUT2D eigenvalue weighted by molar-refractivity contribution is 6.20. The second-order valence-corrected chi connectivity index (χ2v) is 4.67. The molecule has 4 heteroatoms. The van der Waals surface area contributed by atoms with Crippen LogP contribution in [-0.2, 0) is 9.47 Å². The zero-order valence-corrected chi connectivity index (χ0v) is 10.8. The molecule has 0 saturated heterocycles. The van der Waals surface area contributed by atoms with Crippen LogP contribution >= 0.6 is 11.6 Å². The Morgan fingerprint density at radius 3 is 2.60 bits per heavy atom. The molecule has 0 aliphatic rings. The molecule has 0 fully saturated rings. The lowest BCUT2D eigenvalue weighted by molar-refractivity contribution is 0.124. The van der Waals surface area contributed by atoms with E-state index in [1.54, 1.807) is 7.11 Å². The van der Waals surface area contributed by atoms with Gasteiger partial charge in [0.2, 0.25) is 0 Å². The van der Waals surface area contributed by atoms with Gasteiger partial charge in [-0.05, 0) is 12.3 Å². The molecule has 0 saturated carbocycles. The van der Waals surface area contributed by atoms with Crippen molar-refractivity contribution in [1.82, 2.24) is 5.32 Å². The summed E-state index contributed by atoms with van der Waals surface area (Å²) in [6.45, 7) is 8.21. The SMILES string of the molecule is COCC(Cl)CNCCOCCC(C)C. The van der Waals surface area contributed by atoms with Crippen LogP contribution in [0, 0.1) is 5.92 Å². The van der Waals surface area contributed by atoms with Gasteiger partial charge in [0, 0.05) is 26.8 Å². The Hall–Kier alpha value is 0.170. The Morgan fingerprint density at radius 2 is 2.00 bits per heavy atom. The van der Waals surface area contributed by atoms with Gasteiger partial charge in [0.15, 0.2) is 0 Å². The molecule has 3 nitrogen and oxygen atoms in total. The van der Waals surface area contributed by atoms with Crippen LogP contribution in [0.5, 0.6) is 0 Å². The Balaban J connectivity index is 3.04. The Kier molecular flexibility index (Phi) is 10.8. The van der Waals surface area contributed by atoms with Crippen LogP contribution < -0.4 is 5.32 Å². The first-order chi connectivity index (χ1) is 7.16. The molecule has 0 heterocycles. The predicted octanol–water partition coefficient (Wildman–Crippen LogP) is 1.89. The monoisotopic (exact) mass is 237 g/mol. The van der Waals surface area contributed by atoms with Crippen LogP contribution in [0.1, 0.15) is 20.3 Å². The van der Waals surface area contributed by atoms with Crippen molar-refractivity contribution in [2.45, 2.75) is 25.6 Å². The van der Waals surface area contributed by atoms with E-state index in [2.05, 4.69) is 19.2 Å². The molecule has 1 N–H and O–H groups in total. The molecule has 0 aromatic rings. The summed E-state index contributed by atoms with van der Waals surface area (Å²) in [6, 6.07) is 0. The van der Waals surface area contributed by atoms with E-state index in [4.69, 9.17) is 21.1 Å². The van der Waals surface area contributed by atoms with E-state index in [9.17, 15) is 0 Å². The quantitative estimate of drug-likeness (QED) is 0.465. The van der Waals surface area contributed by atoms with Crippen LogP contribution in [0.4, 0.5) is 0 Å². The zero-order valence-electron chi connectivity index (χ0n) is 10.1. The van der Waals surface area contributed by atoms with Gasteiger partial charge >= 0.3 is 0 Å². The van der Waals surface area contributed by atoms with Gasteiger partial charge in [0.1, 0.15) is 0 Å². The molecular formula is C11H24ClNO2. The Bertz CT molecular complexity index is 134. The summed E-state index contributed by atoms with van der Waals surface area (Å²) in [5, 5.41) is 3.27. The zero-order chi connectivity index (χ0) is 11.5. The molecule has 0 radical (unpaired) electrons. The second-order valence-electron chi connectivity index (χ2n) is 4.05. The van der Waals surface area contributed by atoms with Gasteiger partial charge in [-0.2, -0.15) is 0 Å². The van der Waals surface area contributed by atoms with Gasteiger partial charge in [-0.1, -0.05) is 13.8 Å². The number of rotatable bonds is 10. The maximum atomic E-state index is 5.93. The third-order valence-electron chi connectivity index (χ3n) is 1.98. The first-order valence-corrected chi connectivity index (χ1v) is 6.02. The number of methoxy groups -OCH3 is 1. The van der Waals surface area contributed by atoms with Crippen LogP contribution in [0.3, 0.4) is 0 Å². The number of hydrogen-bond acceptors (Lipinski definition) is 3. The minimum Gasteiger partial charge on any atom is -0.383 e. The topological polar surface area (TPSA) is 30.5 Å². The molecule has 0 rings (SSSR count). The van der Waals surface area contributed by atoms with E-state index in [1.807, 2.05) is 0 Å². The summed E-state index contributed by atoms with van der Waals surface area (Å²) >= 11 is 5.93. The van der Waals surface area contributed by atoms with Gasteiger partial charge in [-0.3, -0.25) is 0 Å². The smallest absolute Gasteiger partial charge is 0.0693 e. The summed E-state index contributed by atoms with van der Waals surface area (Å²) in [6.07, 6.45) is 1.13. The molecule has 1 atom stereocenters. The fourth-order valence-corrected chi connectivity index (χ4v) is 1.30. The summed E-state index contributed by atoms with van der Waals surface area (Å²) in [5.74, 6) is 0.715. The summed E-state index contributed by atoms with van der Waals surface area (Å²) < 4.78 is 10.4. The molecule has 0 aromatic carbocycles. The molecule has 0 spiro atoms. The molecule has 0 aliphatic heterocycles. The Labute approximate surface area is 98.5 Å². The lowest BCUT2D eigenvalue weighted by Crippen LogP contribution is -2.29. The van der Waals surface area contributed by atoms with E-state index in [-0.39, 0.29) is 5.38 Å². The van der Waals surface area contributed by atoms with E-state index < -0.39 is 0 Å². The second kappa shape index (κ2) is 10.7. The summed E-state index contributed by atoms with van der Waals surface area (Å²) in [4.78, 5) is 0. The molecule has 1 unspecified atom stereocenters. The van der Waals surface area contributed by atoms with Gasteiger partial charge in [-0.25, -0.2) is 0 Å². The fourth-order valence-electron chi connectivity index (χ4n) is 1.06. The van der Waals surface area contributed by atoms with Crippen LogP contribution in [-0.4, -0.2) is 45.4 Å². The van der Waals surface area contributed by atoms with E-state index in [0.29, 0.717) is 12.5 Å². The number of nitrogens with one attached hydrogen (secondary N) is 1. The first kappa shape index (κ1) is 15.2. The van der Waals surface area contributed by atoms with Crippen molar-refractivity contribution in [3.05, 3.63) is 0 Å². The van der Waals surface area contributed by atoms with Gasteiger partial charge in [0.25, 0.3) is 0 Å². The highest BCUT2D eigenvalue weighted by Gasteiger charge is 2.01. The standard InChI is InChI=1S/C11H24ClNO2/c1-10(2)4-6-15-7-5-13-8-11(12)9-14-3/h10-11,13H,4-9H2,1-3H3. The van der Waals surface area contributed by atoms with Gasteiger partial charge in [-0.15, -0.1) is 11.6 Å². The van der Waals surface area contributed by atoms with E-state index >= 15 is 0 Å². The molecule has 0 aromatic heterocycles. The molecular weight excluding hydrogens is 214 g/mol. The first-order valence-electron chi connectivity index (χ1n) is 5.58. The van der Waals surface area contributed by atoms with E-state index in [0.717, 1.165) is 32.7 Å². The van der Waals surface area contributed by atoms with Crippen molar-refractivity contribution in [3.8, 4) is 0 Å². The average molecular weight is 238 g/mol. The van der Waals surface area contributed by atoms with Crippen LogP contribution in [0.25, 0.3) is 0 Å². The van der Waals surface area contributed by atoms with Crippen molar-refractivity contribution in [1.29, 1.82) is 0 Å². The fraction of sp³-hybridized carbons (Fsp3) is 1.00. The summed E-state index contributed by atoms with van der Waals surface area (Å²) in [7, 11) is 1.66. The van der Waals surface area contributed by atoms with Crippen molar-refractivity contribution in [2.24, 2.45) is 5.92 Å². The third kappa shape index (κ3) is 12.1. The van der Waals surface area contributed by atoms with Gasteiger partial charge < -0.3 is 14.8 Å². The third-order valence-corrected chi connectivity index (χ3v) is 2.26. The molecule has 15 heavy (non-hydrogen) atoms. The van der Waals surface area contributed by atoms with Crippen molar-refractivity contribution in [2.75, 3.05) is 40.0 Å². The molecule has 0 amide bonds. The highest BCUT2D eigenvalue weighted by Crippen LogP contribution is 1.98. The van der Waals surface area contributed by atoms with Crippen molar-refractivity contribution < 1.29 is 9.47 Å². The number of ether oxygens (including phenoxy) is 2. The largest absolute Gasteiger partial charge is 0.383 e. The van der Waals surface area contributed by atoms with Crippen molar-refractivity contribution in [3.63, 3.8) is 0 Å². The molecule has 92 valence electrons. The lowest BCUT2D eigenvalue weighted by Gasteiger charge is -2.10. The highest BCUT2D eigenvalue weighted by atomic mass is 35.5. The maximum absolute atomic E-state index is 5.93. The van der Waals surface area contributed by atoms with Crippen molar-refractivity contribution >= 4 is 11.6 Å². The average Bonchev–Trinajstić information content (AvgIpc) is 2.16. The summed E-state index contributed by atoms with van der Waals surface area (Å²) in [5.41, 5.74) is 0. The number of halogens is 1.